The van der Waals surface area contributed by atoms with Crippen LogP contribution in [-0.2, 0) is 0 Å². The Morgan fingerprint density at radius 3 is 2.53 bits per heavy atom. The van der Waals surface area contributed by atoms with E-state index in [1.54, 1.807) is 5.38 Å². The van der Waals surface area contributed by atoms with E-state index < -0.39 is 18.6 Å². The number of hydrogen-bond donors (Lipinski definition) is 1. The van der Waals surface area contributed by atoms with Crippen LogP contribution in [0.15, 0.2) is 11.4 Å². The van der Waals surface area contributed by atoms with Gasteiger partial charge in [-0.1, -0.05) is 6.92 Å². The van der Waals surface area contributed by atoms with E-state index in [4.69, 9.17) is 0 Å². The fourth-order valence-corrected chi connectivity index (χ4v) is 2.19. The minimum atomic E-state index is -4.12. The second-order valence-corrected chi connectivity index (χ2v) is 4.54. The van der Waals surface area contributed by atoms with E-state index in [2.05, 4.69) is 5.32 Å². The van der Waals surface area contributed by atoms with Gasteiger partial charge in [-0.05, 0) is 30.5 Å². The highest BCUT2D eigenvalue weighted by Crippen LogP contribution is 2.31. The van der Waals surface area contributed by atoms with Gasteiger partial charge >= 0.3 is 6.18 Å². The molecule has 0 aliphatic carbocycles. The van der Waals surface area contributed by atoms with Gasteiger partial charge in [-0.3, -0.25) is 0 Å². The smallest absolute Gasteiger partial charge is 0.310 e. The minimum absolute atomic E-state index is 0.537. The molecule has 0 bridgehead atoms. The first-order valence-electron chi connectivity index (χ1n) is 4.77. The Kier molecular flexibility index (Phi) is 4.16. The molecule has 5 heteroatoms. The molecule has 0 aromatic carbocycles. The molecule has 0 amide bonds. The number of rotatable bonds is 4. The first-order valence-corrected chi connectivity index (χ1v) is 5.65. The van der Waals surface area contributed by atoms with Crippen molar-refractivity contribution in [2.24, 2.45) is 0 Å². The second kappa shape index (κ2) is 4.99. The summed E-state index contributed by atoms with van der Waals surface area (Å²) in [4.78, 5) is 1.04. The van der Waals surface area contributed by atoms with E-state index in [-0.39, 0.29) is 0 Å². The molecule has 1 atom stereocenters. The van der Waals surface area contributed by atoms with Gasteiger partial charge in [-0.2, -0.15) is 13.2 Å². The molecule has 15 heavy (non-hydrogen) atoms. The summed E-state index contributed by atoms with van der Waals surface area (Å²) in [5, 5.41) is 4.64. The topological polar surface area (TPSA) is 12.0 Å². The Balaban J connectivity index is 2.74. The third kappa shape index (κ3) is 4.22. The Labute approximate surface area is 91.3 Å². The molecule has 1 heterocycles. The highest BCUT2D eigenvalue weighted by molar-refractivity contribution is 7.10. The largest absolute Gasteiger partial charge is 0.390 e. The average Bonchev–Trinajstić information content (AvgIpc) is 2.48. The Bertz CT molecular complexity index is 306. The second-order valence-electron chi connectivity index (χ2n) is 3.42. The summed E-state index contributed by atoms with van der Waals surface area (Å²) in [5.41, 5.74) is 0.733. The Morgan fingerprint density at radius 1 is 1.47 bits per heavy atom. The lowest BCUT2D eigenvalue weighted by atomic mass is 10.1. The number of thiophene rings is 1. The van der Waals surface area contributed by atoms with Crippen molar-refractivity contribution in [1.82, 2.24) is 5.32 Å². The standard InChI is InChI=1S/C10H14F3NS/c1-3-14-9(5-10(11,12)13)8-4-7(2)15-6-8/h4,6,9,14H,3,5H2,1-2H3. The van der Waals surface area contributed by atoms with Crippen LogP contribution in [0.5, 0.6) is 0 Å². The van der Waals surface area contributed by atoms with Gasteiger partial charge in [0.05, 0.1) is 6.42 Å². The fraction of sp³-hybridized carbons (Fsp3) is 0.600. The third-order valence-electron chi connectivity index (χ3n) is 2.04. The van der Waals surface area contributed by atoms with Gasteiger partial charge in [0.15, 0.2) is 0 Å². The molecular weight excluding hydrogens is 223 g/mol. The Hall–Kier alpha value is -0.550. The molecular formula is C10H14F3NS. The molecule has 1 aromatic rings. The minimum Gasteiger partial charge on any atom is -0.310 e. The summed E-state index contributed by atoms with van der Waals surface area (Å²) < 4.78 is 36.9. The molecule has 0 saturated carbocycles. The number of alkyl halides is 3. The maximum atomic E-state index is 12.3. The maximum absolute atomic E-state index is 12.3. The van der Waals surface area contributed by atoms with Gasteiger partial charge in [-0.15, -0.1) is 11.3 Å². The van der Waals surface area contributed by atoms with Crippen LogP contribution in [0.1, 0.15) is 29.8 Å². The van der Waals surface area contributed by atoms with Crippen molar-refractivity contribution in [2.75, 3.05) is 6.54 Å². The van der Waals surface area contributed by atoms with Gasteiger partial charge in [-0.25, -0.2) is 0 Å². The lowest BCUT2D eigenvalue weighted by Crippen LogP contribution is -2.26. The van der Waals surface area contributed by atoms with Crippen molar-refractivity contribution in [3.8, 4) is 0 Å². The van der Waals surface area contributed by atoms with Crippen LogP contribution in [0, 0.1) is 6.92 Å². The molecule has 1 rings (SSSR count). The van der Waals surface area contributed by atoms with E-state index in [1.165, 1.54) is 11.3 Å². The Morgan fingerprint density at radius 2 is 2.13 bits per heavy atom. The van der Waals surface area contributed by atoms with E-state index in [1.807, 2.05) is 19.9 Å². The molecule has 1 nitrogen and oxygen atoms in total. The number of hydrogen-bond acceptors (Lipinski definition) is 2. The van der Waals surface area contributed by atoms with Crippen LogP contribution in [0.25, 0.3) is 0 Å². The molecule has 1 N–H and O–H groups in total. The van der Waals surface area contributed by atoms with Gasteiger partial charge in [0.25, 0.3) is 0 Å². The quantitative estimate of drug-likeness (QED) is 0.842. The molecule has 1 unspecified atom stereocenters. The number of nitrogens with one attached hydrogen (secondary N) is 1. The molecule has 1 aromatic heterocycles. The predicted octanol–water partition coefficient (Wildman–Crippen LogP) is 3.66. The molecule has 0 spiro atoms. The first-order chi connectivity index (χ1) is 6.92. The zero-order valence-electron chi connectivity index (χ0n) is 8.69. The summed E-state index contributed by atoms with van der Waals surface area (Å²) in [6, 6.07) is 1.20. The molecule has 0 aliphatic rings. The van der Waals surface area contributed by atoms with Crippen molar-refractivity contribution in [3.05, 3.63) is 21.9 Å². The highest BCUT2D eigenvalue weighted by Gasteiger charge is 2.32. The molecule has 0 aliphatic heterocycles. The van der Waals surface area contributed by atoms with Crippen LogP contribution < -0.4 is 5.32 Å². The first kappa shape index (κ1) is 12.5. The average molecular weight is 237 g/mol. The fourth-order valence-electron chi connectivity index (χ4n) is 1.43. The van der Waals surface area contributed by atoms with Crippen LogP contribution in [0.3, 0.4) is 0 Å². The third-order valence-corrected chi connectivity index (χ3v) is 2.92. The zero-order valence-corrected chi connectivity index (χ0v) is 9.50. The van der Waals surface area contributed by atoms with Crippen LogP contribution in [0.4, 0.5) is 13.2 Å². The van der Waals surface area contributed by atoms with Crippen molar-refractivity contribution in [3.63, 3.8) is 0 Å². The molecule has 0 fully saturated rings. The van der Waals surface area contributed by atoms with Gasteiger partial charge < -0.3 is 5.32 Å². The van der Waals surface area contributed by atoms with Crippen molar-refractivity contribution in [2.45, 2.75) is 32.5 Å². The normalized spacial score (nSPS) is 14.2. The van der Waals surface area contributed by atoms with E-state index in [0.29, 0.717) is 6.54 Å². The molecule has 86 valence electrons. The highest BCUT2D eigenvalue weighted by atomic mass is 32.1. The lowest BCUT2D eigenvalue weighted by molar-refractivity contribution is -0.140. The number of aryl methyl sites for hydroxylation is 1. The summed E-state index contributed by atoms with van der Waals surface area (Å²) in [6.07, 6.45) is -4.93. The molecule has 0 saturated heterocycles. The summed E-state index contributed by atoms with van der Waals surface area (Å²) >= 11 is 1.48. The monoisotopic (exact) mass is 237 g/mol. The summed E-state index contributed by atoms with van der Waals surface area (Å²) in [5.74, 6) is 0. The van der Waals surface area contributed by atoms with Gasteiger partial charge in [0.1, 0.15) is 0 Å². The van der Waals surface area contributed by atoms with E-state index in [0.717, 1.165) is 10.4 Å². The van der Waals surface area contributed by atoms with Crippen LogP contribution in [0.2, 0.25) is 0 Å². The van der Waals surface area contributed by atoms with E-state index in [9.17, 15) is 13.2 Å². The zero-order chi connectivity index (χ0) is 11.5. The molecule has 0 radical (unpaired) electrons. The summed E-state index contributed by atoms with van der Waals surface area (Å²) in [6.45, 7) is 4.24. The predicted molar refractivity (Wildman–Crippen MR) is 56.1 cm³/mol. The van der Waals surface area contributed by atoms with Gasteiger partial charge in [0.2, 0.25) is 0 Å². The van der Waals surface area contributed by atoms with Crippen molar-refractivity contribution < 1.29 is 13.2 Å². The SMILES string of the molecule is CCNC(CC(F)(F)F)c1csc(C)c1. The van der Waals surface area contributed by atoms with E-state index >= 15 is 0 Å². The van der Waals surface area contributed by atoms with Crippen molar-refractivity contribution >= 4 is 11.3 Å². The lowest BCUT2D eigenvalue weighted by Gasteiger charge is -2.18. The van der Waals surface area contributed by atoms with Crippen LogP contribution in [-0.4, -0.2) is 12.7 Å². The van der Waals surface area contributed by atoms with Gasteiger partial charge in [0, 0.05) is 10.9 Å². The van der Waals surface area contributed by atoms with Crippen LogP contribution >= 0.6 is 11.3 Å². The summed E-state index contributed by atoms with van der Waals surface area (Å²) in [7, 11) is 0. The maximum Gasteiger partial charge on any atom is 0.390 e. The van der Waals surface area contributed by atoms with Crippen molar-refractivity contribution in [1.29, 1.82) is 0 Å². The number of halogens is 3.